The van der Waals surface area contributed by atoms with Gasteiger partial charge in [-0.3, -0.25) is 4.79 Å². The topological polar surface area (TPSA) is 66.6 Å². The molecule has 136 valence electrons. The van der Waals surface area contributed by atoms with E-state index in [2.05, 4.69) is 31.5 Å². The van der Waals surface area contributed by atoms with Crippen LogP contribution in [-0.2, 0) is 0 Å². The van der Waals surface area contributed by atoms with E-state index in [0.29, 0.717) is 23.8 Å². The molecule has 1 saturated heterocycles. The van der Waals surface area contributed by atoms with Gasteiger partial charge in [0.05, 0.1) is 4.70 Å². The van der Waals surface area contributed by atoms with Gasteiger partial charge in [0.2, 0.25) is 0 Å². The average Bonchev–Trinajstić information content (AvgIpc) is 3.29. The molecule has 0 saturated carbocycles. The third-order valence-electron chi connectivity index (χ3n) is 4.77. The van der Waals surface area contributed by atoms with Crippen molar-refractivity contribution in [1.82, 2.24) is 23.9 Å². The van der Waals surface area contributed by atoms with Gasteiger partial charge in [0.25, 0.3) is 5.91 Å². The second-order valence-electron chi connectivity index (χ2n) is 6.33. The Bertz CT molecular complexity index is 1150. The third-order valence-corrected chi connectivity index (χ3v) is 5.93. The molecule has 4 heterocycles. The molecular weight excluding hydrogens is 384 g/mol. The summed E-state index contributed by atoms with van der Waals surface area (Å²) in [6, 6.07) is 9.97. The molecule has 5 rings (SSSR count). The first-order valence-corrected chi connectivity index (χ1v) is 9.75. The van der Waals surface area contributed by atoms with Crippen molar-refractivity contribution in [2.75, 3.05) is 31.1 Å². The van der Waals surface area contributed by atoms with Crippen molar-refractivity contribution in [3.05, 3.63) is 53.4 Å². The zero-order chi connectivity index (χ0) is 18.4. The summed E-state index contributed by atoms with van der Waals surface area (Å²) in [6.07, 6.45) is 3.37. The summed E-state index contributed by atoms with van der Waals surface area (Å²) in [5.41, 5.74) is 0.748. The Morgan fingerprint density at radius 2 is 1.93 bits per heavy atom. The molecule has 0 N–H and O–H groups in total. The molecule has 0 radical (unpaired) electrons. The Morgan fingerprint density at radius 3 is 2.74 bits per heavy atom. The van der Waals surface area contributed by atoms with Crippen molar-refractivity contribution in [2.45, 2.75) is 0 Å². The maximum absolute atomic E-state index is 12.9. The van der Waals surface area contributed by atoms with E-state index in [-0.39, 0.29) is 11.6 Å². The number of hydrogen-bond acceptors (Lipinski definition) is 6. The van der Waals surface area contributed by atoms with E-state index in [1.165, 1.54) is 20.7 Å². The Hall–Kier alpha value is -2.71. The summed E-state index contributed by atoms with van der Waals surface area (Å²) in [5.74, 6) is 0.839. The van der Waals surface area contributed by atoms with Crippen molar-refractivity contribution in [2.24, 2.45) is 0 Å². The van der Waals surface area contributed by atoms with Crippen LogP contribution in [0.5, 0.6) is 0 Å². The Labute approximate surface area is 164 Å². The molecule has 0 spiro atoms. The lowest BCUT2D eigenvalue weighted by Gasteiger charge is -2.34. The van der Waals surface area contributed by atoms with Gasteiger partial charge in [-0.25, -0.2) is 9.50 Å². The summed E-state index contributed by atoms with van der Waals surface area (Å²) in [5, 5.41) is 5.77. The van der Waals surface area contributed by atoms with E-state index in [4.69, 9.17) is 11.6 Å². The van der Waals surface area contributed by atoms with Crippen molar-refractivity contribution in [3.63, 3.8) is 0 Å². The highest BCUT2D eigenvalue weighted by Gasteiger charge is 2.28. The molecule has 0 unspecified atom stereocenters. The van der Waals surface area contributed by atoms with Gasteiger partial charge in [0, 0.05) is 44.0 Å². The molecule has 1 aliphatic rings. The number of piperazine rings is 1. The molecular formula is C18H15ClN6OS. The highest BCUT2D eigenvalue weighted by Crippen LogP contribution is 2.30. The summed E-state index contributed by atoms with van der Waals surface area (Å²) < 4.78 is 7.32. The van der Waals surface area contributed by atoms with Crippen molar-refractivity contribution < 1.29 is 4.79 Å². The van der Waals surface area contributed by atoms with Gasteiger partial charge in [-0.2, -0.15) is 9.47 Å². The Morgan fingerprint density at radius 1 is 1.11 bits per heavy atom. The summed E-state index contributed by atoms with van der Waals surface area (Å²) in [4.78, 5) is 21.1. The van der Waals surface area contributed by atoms with Crippen molar-refractivity contribution >= 4 is 50.6 Å². The van der Waals surface area contributed by atoms with E-state index in [9.17, 15) is 4.79 Å². The van der Waals surface area contributed by atoms with Crippen LogP contribution in [0, 0.1) is 0 Å². The largest absolute Gasteiger partial charge is 0.352 e. The van der Waals surface area contributed by atoms with Crippen LogP contribution in [-0.4, -0.2) is 56.0 Å². The Kier molecular flexibility index (Phi) is 3.95. The predicted octanol–water partition coefficient (Wildman–Crippen LogP) is 2.95. The second-order valence-corrected chi connectivity index (χ2v) is 7.51. The van der Waals surface area contributed by atoms with E-state index in [1.807, 2.05) is 12.1 Å². The fourth-order valence-electron chi connectivity index (χ4n) is 3.37. The molecule has 4 aromatic rings. The molecule has 0 bridgehead atoms. The van der Waals surface area contributed by atoms with Gasteiger partial charge in [0.1, 0.15) is 10.8 Å². The van der Waals surface area contributed by atoms with Crippen LogP contribution < -0.4 is 4.90 Å². The number of amides is 1. The van der Waals surface area contributed by atoms with E-state index < -0.39 is 0 Å². The minimum atomic E-state index is -0.159. The molecule has 9 heteroatoms. The van der Waals surface area contributed by atoms with Crippen LogP contribution in [0.2, 0.25) is 5.02 Å². The molecule has 1 fully saturated rings. The fourth-order valence-corrected chi connectivity index (χ4v) is 4.42. The van der Waals surface area contributed by atoms with Crippen molar-refractivity contribution in [1.29, 1.82) is 0 Å². The summed E-state index contributed by atoms with van der Waals surface area (Å²) in [6.45, 7) is 2.65. The van der Waals surface area contributed by atoms with E-state index in [0.717, 1.165) is 24.3 Å². The second kappa shape index (κ2) is 6.47. The number of benzene rings is 1. The number of nitrogens with zero attached hydrogens (tertiary/aromatic N) is 6. The molecule has 3 aromatic heterocycles. The molecule has 1 aliphatic heterocycles. The first-order chi connectivity index (χ1) is 13.2. The van der Waals surface area contributed by atoms with E-state index >= 15 is 0 Å². The maximum atomic E-state index is 12.9. The lowest BCUT2D eigenvalue weighted by molar-refractivity contribution is 0.0740. The zero-order valence-electron chi connectivity index (χ0n) is 14.2. The summed E-state index contributed by atoms with van der Waals surface area (Å²) >= 11 is 7.84. The molecule has 0 atom stereocenters. The number of carbonyl (C=O) groups is 1. The molecule has 27 heavy (non-hydrogen) atoms. The number of fused-ring (bicyclic) bond motifs is 2. The van der Waals surface area contributed by atoms with Crippen LogP contribution in [0.1, 0.15) is 10.5 Å². The van der Waals surface area contributed by atoms with Gasteiger partial charge in [-0.15, -0.1) is 0 Å². The minimum Gasteiger partial charge on any atom is -0.352 e. The van der Waals surface area contributed by atoms with Crippen LogP contribution in [0.15, 0.2) is 42.7 Å². The molecule has 1 aromatic carbocycles. The quantitative estimate of drug-likeness (QED) is 0.519. The monoisotopic (exact) mass is 398 g/mol. The molecule has 0 aliphatic carbocycles. The highest BCUT2D eigenvalue weighted by atomic mass is 35.5. The van der Waals surface area contributed by atoms with Gasteiger partial charge in [-0.1, -0.05) is 23.7 Å². The van der Waals surface area contributed by atoms with Gasteiger partial charge >= 0.3 is 0 Å². The van der Waals surface area contributed by atoms with Crippen molar-refractivity contribution in [3.8, 4) is 0 Å². The van der Waals surface area contributed by atoms with Gasteiger partial charge < -0.3 is 9.80 Å². The average molecular weight is 399 g/mol. The number of anilines is 1. The number of hydrogen-bond donors (Lipinski definition) is 0. The predicted molar refractivity (Wildman–Crippen MR) is 106 cm³/mol. The molecule has 7 nitrogen and oxygen atoms in total. The highest BCUT2D eigenvalue weighted by molar-refractivity contribution is 7.13. The fraction of sp³-hybridized carbons (Fsp3) is 0.222. The maximum Gasteiger partial charge on any atom is 0.276 e. The van der Waals surface area contributed by atoms with Crippen LogP contribution in [0.25, 0.3) is 15.7 Å². The number of halogens is 1. The lowest BCUT2D eigenvalue weighted by atomic mass is 10.2. The number of carbonyl (C=O) groups excluding carboxylic acids is 1. The first-order valence-electron chi connectivity index (χ1n) is 8.60. The van der Waals surface area contributed by atoms with Gasteiger partial charge in [0.15, 0.2) is 11.3 Å². The van der Waals surface area contributed by atoms with Crippen LogP contribution in [0.3, 0.4) is 0 Å². The minimum absolute atomic E-state index is 0.159. The first kappa shape index (κ1) is 16.5. The zero-order valence-corrected chi connectivity index (χ0v) is 15.8. The summed E-state index contributed by atoms with van der Waals surface area (Å²) in [7, 11) is 0. The SMILES string of the molecule is O=C(c1nn2cccnc2c1Cl)N1CCN(c2nsc3ccccc23)CC1. The lowest BCUT2D eigenvalue weighted by Crippen LogP contribution is -2.49. The molecule has 1 amide bonds. The number of rotatable bonds is 2. The van der Waals surface area contributed by atoms with E-state index in [1.54, 1.807) is 23.4 Å². The third kappa shape index (κ3) is 2.72. The normalized spacial score (nSPS) is 15.0. The number of aromatic nitrogens is 4. The Balaban J connectivity index is 1.35. The smallest absolute Gasteiger partial charge is 0.276 e. The van der Waals surface area contributed by atoms with Crippen LogP contribution in [0.4, 0.5) is 5.82 Å². The van der Waals surface area contributed by atoms with Gasteiger partial charge in [-0.05, 0) is 29.7 Å². The standard InChI is InChI=1S/C18H15ClN6OS/c19-14-15(21-25-7-3-6-20-17(14)25)18(26)24-10-8-23(9-11-24)16-12-4-1-2-5-13(12)27-22-16/h1-7H,8-11H2. The van der Waals surface area contributed by atoms with Crippen LogP contribution >= 0.6 is 23.1 Å².